The number of nitro groups is 1. The van der Waals surface area contributed by atoms with Crippen molar-refractivity contribution < 1.29 is 17.9 Å². The van der Waals surface area contributed by atoms with Gasteiger partial charge in [0.15, 0.2) is 0 Å². The zero-order valence-corrected chi connectivity index (χ0v) is 9.16. The van der Waals surface area contributed by atoms with E-state index in [-0.39, 0.29) is 20.8 Å². The molecule has 0 aliphatic heterocycles. The highest BCUT2D eigenvalue weighted by Crippen LogP contribution is 2.30. The lowest BCUT2D eigenvalue weighted by Gasteiger charge is -1.95. The summed E-state index contributed by atoms with van der Waals surface area (Å²) in [7, 11) is -4.31. The van der Waals surface area contributed by atoms with Crippen LogP contribution < -0.4 is 0 Å². The van der Waals surface area contributed by atoms with Gasteiger partial charge >= 0.3 is 5.00 Å². The van der Waals surface area contributed by atoms with Gasteiger partial charge in [0.1, 0.15) is 0 Å². The van der Waals surface area contributed by atoms with Crippen LogP contribution in [0.1, 0.15) is 0 Å². The van der Waals surface area contributed by atoms with Gasteiger partial charge in [-0.05, 0) is 18.2 Å². The fourth-order valence-electron chi connectivity index (χ4n) is 1.20. The van der Waals surface area contributed by atoms with Crippen molar-refractivity contribution in [3.8, 4) is 0 Å². The van der Waals surface area contributed by atoms with Crippen LogP contribution in [-0.2, 0) is 10.1 Å². The summed E-state index contributed by atoms with van der Waals surface area (Å²) in [5.41, 5.74) is 0.173. The van der Waals surface area contributed by atoms with E-state index >= 15 is 0 Å². The molecular weight excluding hydrogens is 256 g/mol. The maximum atomic E-state index is 10.8. The monoisotopic (exact) mass is 260 g/mol. The van der Waals surface area contributed by atoms with Crippen LogP contribution in [0.15, 0.2) is 23.1 Å². The van der Waals surface area contributed by atoms with E-state index in [1.54, 1.807) is 0 Å². The molecule has 0 aliphatic rings. The van der Waals surface area contributed by atoms with Crippen LogP contribution >= 0.6 is 11.5 Å². The Kier molecular flexibility index (Phi) is 2.37. The Morgan fingerprint density at radius 3 is 2.69 bits per heavy atom. The van der Waals surface area contributed by atoms with E-state index in [1.165, 1.54) is 6.07 Å². The fourth-order valence-corrected chi connectivity index (χ4v) is 2.38. The largest absolute Gasteiger partial charge is 0.350 e. The van der Waals surface area contributed by atoms with Gasteiger partial charge in [0.25, 0.3) is 10.1 Å². The third-order valence-corrected chi connectivity index (χ3v) is 3.57. The molecule has 2 aromatic rings. The van der Waals surface area contributed by atoms with E-state index in [1.807, 2.05) is 0 Å². The number of fused-ring (bicyclic) bond motifs is 1. The highest BCUT2D eigenvalue weighted by Gasteiger charge is 2.18. The molecule has 1 aromatic heterocycles. The van der Waals surface area contributed by atoms with Crippen molar-refractivity contribution in [2.45, 2.75) is 4.90 Å². The number of aromatic nitrogens is 1. The van der Waals surface area contributed by atoms with Crippen LogP contribution in [0.3, 0.4) is 0 Å². The second kappa shape index (κ2) is 3.47. The predicted molar refractivity (Wildman–Crippen MR) is 56.1 cm³/mol. The second-order valence-electron chi connectivity index (χ2n) is 2.90. The molecule has 0 aliphatic carbocycles. The van der Waals surface area contributed by atoms with Crippen molar-refractivity contribution >= 4 is 37.6 Å². The smallest absolute Gasteiger partial charge is 0.282 e. The van der Waals surface area contributed by atoms with Gasteiger partial charge in [-0.25, -0.2) is 0 Å². The molecule has 0 unspecified atom stereocenters. The molecule has 9 heteroatoms. The molecule has 84 valence electrons. The first kappa shape index (κ1) is 10.9. The van der Waals surface area contributed by atoms with E-state index in [9.17, 15) is 18.5 Å². The summed E-state index contributed by atoms with van der Waals surface area (Å²) < 4.78 is 34.1. The quantitative estimate of drug-likeness (QED) is 0.497. The summed E-state index contributed by atoms with van der Waals surface area (Å²) in [6, 6.07) is 3.44. The molecule has 0 spiro atoms. The molecule has 0 radical (unpaired) electrons. The Morgan fingerprint density at radius 1 is 1.44 bits per heavy atom. The summed E-state index contributed by atoms with van der Waals surface area (Å²) in [5, 5.41) is 10.7. The number of hydrogen-bond acceptors (Lipinski definition) is 6. The molecule has 7 nitrogen and oxygen atoms in total. The molecular formula is C7H4N2O5S2. The lowest BCUT2D eigenvalue weighted by molar-refractivity contribution is -0.378. The van der Waals surface area contributed by atoms with Crippen molar-refractivity contribution in [1.82, 2.24) is 4.37 Å². The highest BCUT2D eigenvalue weighted by molar-refractivity contribution is 7.85. The summed E-state index contributed by atoms with van der Waals surface area (Å²) >= 11 is 0.665. The van der Waals surface area contributed by atoms with Crippen LogP contribution in [0.5, 0.6) is 0 Å². The van der Waals surface area contributed by atoms with Crippen LogP contribution in [0.25, 0.3) is 10.9 Å². The minimum atomic E-state index is -4.31. The minimum Gasteiger partial charge on any atom is -0.282 e. The molecule has 0 bridgehead atoms. The van der Waals surface area contributed by atoms with Gasteiger partial charge in [-0.3, -0.25) is 14.7 Å². The van der Waals surface area contributed by atoms with E-state index in [0.29, 0.717) is 11.5 Å². The Labute approximate surface area is 93.4 Å². The van der Waals surface area contributed by atoms with E-state index in [4.69, 9.17) is 4.55 Å². The van der Waals surface area contributed by atoms with Gasteiger partial charge in [-0.2, -0.15) is 12.8 Å². The van der Waals surface area contributed by atoms with Crippen molar-refractivity contribution in [3.63, 3.8) is 0 Å². The molecule has 0 atom stereocenters. The Balaban J connectivity index is 2.71. The molecule has 16 heavy (non-hydrogen) atoms. The summed E-state index contributed by atoms with van der Waals surface area (Å²) in [4.78, 5) is 9.64. The first-order chi connectivity index (χ1) is 7.39. The topological polar surface area (TPSA) is 110 Å². The van der Waals surface area contributed by atoms with Crippen LogP contribution in [0.4, 0.5) is 5.00 Å². The average molecular weight is 260 g/mol. The van der Waals surface area contributed by atoms with Crippen molar-refractivity contribution in [3.05, 3.63) is 28.3 Å². The number of nitrogens with zero attached hydrogens (tertiary/aromatic N) is 2. The molecule has 0 saturated heterocycles. The van der Waals surface area contributed by atoms with Gasteiger partial charge < -0.3 is 0 Å². The fraction of sp³-hybridized carbons (Fsp3) is 0. The van der Waals surface area contributed by atoms with Crippen LogP contribution in [-0.4, -0.2) is 22.3 Å². The molecule has 1 heterocycles. The van der Waals surface area contributed by atoms with Gasteiger partial charge in [0.05, 0.1) is 20.7 Å². The number of hydrogen-bond donors (Lipinski definition) is 1. The molecule has 0 saturated carbocycles. The number of benzene rings is 1. The van der Waals surface area contributed by atoms with Gasteiger partial charge in [-0.15, -0.1) is 0 Å². The molecule has 2 rings (SSSR count). The third-order valence-electron chi connectivity index (χ3n) is 1.89. The van der Waals surface area contributed by atoms with Crippen LogP contribution in [0.2, 0.25) is 0 Å². The normalized spacial score (nSPS) is 11.8. The zero-order chi connectivity index (χ0) is 11.9. The Bertz CT molecular complexity index is 675. The maximum Gasteiger partial charge on any atom is 0.350 e. The second-order valence-corrected chi connectivity index (χ2v) is 5.07. The van der Waals surface area contributed by atoms with Gasteiger partial charge in [0.2, 0.25) is 0 Å². The average Bonchev–Trinajstić information content (AvgIpc) is 2.58. The summed E-state index contributed by atoms with van der Waals surface area (Å²) in [5.74, 6) is 0. The lowest BCUT2D eigenvalue weighted by Crippen LogP contribution is -1.97. The van der Waals surface area contributed by atoms with E-state index < -0.39 is 15.0 Å². The van der Waals surface area contributed by atoms with Crippen LogP contribution in [0, 0.1) is 10.1 Å². The van der Waals surface area contributed by atoms with Gasteiger partial charge in [-0.1, -0.05) is 0 Å². The third kappa shape index (κ3) is 1.75. The summed E-state index contributed by atoms with van der Waals surface area (Å²) in [6.45, 7) is 0. The van der Waals surface area contributed by atoms with E-state index in [0.717, 1.165) is 12.1 Å². The molecule has 0 fully saturated rings. The SMILES string of the molecule is O=[N+]([O-])c1snc2cc(S(=O)(=O)O)ccc12. The van der Waals surface area contributed by atoms with Crippen molar-refractivity contribution in [1.29, 1.82) is 0 Å². The highest BCUT2D eigenvalue weighted by atomic mass is 32.2. The Hall–Kier alpha value is -1.58. The van der Waals surface area contributed by atoms with E-state index in [2.05, 4.69) is 4.37 Å². The minimum absolute atomic E-state index is 0.156. The van der Waals surface area contributed by atoms with Gasteiger partial charge in [0, 0.05) is 11.5 Å². The first-order valence-electron chi connectivity index (χ1n) is 3.91. The molecule has 1 N–H and O–H groups in total. The molecule has 1 aromatic carbocycles. The van der Waals surface area contributed by atoms with Crippen molar-refractivity contribution in [2.75, 3.05) is 0 Å². The predicted octanol–water partition coefficient (Wildman–Crippen LogP) is 1.45. The number of rotatable bonds is 2. The molecule has 0 amide bonds. The first-order valence-corrected chi connectivity index (χ1v) is 6.12. The maximum absolute atomic E-state index is 10.8. The lowest BCUT2D eigenvalue weighted by atomic mass is 10.2. The zero-order valence-electron chi connectivity index (χ0n) is 7.52. The Morgan fingerprint density at radius 2 is 2.12 bits per heavy atom. The summed E-state index contributed by atoms with van der Waals surface area (Å²) in [6.07, 6.45) is 0. The standard InChI is InChI=1S/C7H4N2O5S2/c10-9(11)7-5-2-1-4(16(12,13)14)3-6(5)8-15-7/h1-3H,(H,12,13,14). The van der Waals surface area contributed by atoms with Crippen molar-refractivity contribution in [2.24, 2.45) is 0 Å².